The van der Waals surface area contributed by atoms with E-state index in [-0.39, 0.29) is 42.4 Å². The zero-order chi connectivity index (χ0) is 28.7. The minimum absolute atomic E-state index is 0. The fraction of sp³-hybridized carbons (Fsp3) is 0.607. The summed E-state index contributed by atoms with van der Waals surface area (Å²) in [5.41, 5.74) is 0.711. The van der Waals surface area contributed by atoms with Gasteiger partial charge in [-0.2, -0.15) is 0 Å². The standard InChI is InChI=1S/C28H40FN5O4S.ClH.H2/c1-16(2)13-23(24(35)27-32-33-28(38-27)39-17(3)4)31-26(37)20-9-7-8-10-22(20)30-25(36)18-11-12-19(15-34(5)6)21(29)14-18;;/h11-12,14,16-17,20,22-23H,7-10,13,15H2,1-6H3,(H,30,36)(H,31,37);2*1H/t20-,22+,23?;;/m1../s1. The second-order valence-corrected chi connectivity index (χ2v) is 12.6. The predicted molar refractivity (Wildman–Crippen MR) is 157 cm³/mol. The van der Waals surface area contributed by atoms with Crippen molar-refractivity contribution < 1.29 is 24.6 Å². The number of thioether (sulfide) groups is 1. The fourth-order valence-corrected chi connectivity index (χ4v) is 5.33. The van der Waals surface area contributed by atoms with Crippen LogP contribution in [-0.4, -0.2) is 64.1 Å². The van der Waals surface area contributed by atoms with Gasteiger partial charge in [0.15, 0.2) is 0 Å². The van der Waals surface area contributed by atoms with Gasteiger partial charge in [0.1, 0.15) is 5.82 Å². The van der Waals surface area contributed by atoms with E-state index in [1.165, 1.54) is 17.8 Å². The number of hydrogen-bond donors (Lipinski definition) is 2. The van der Waals surface area contributed by atoms with Crippen LogP contribution in [0, 0.1) is 17.7 Å². The average molecular weight is 600 g/mol. The van der Waals surface area contributed by atoms with Crippen molar-refractivity contribution in [3.05, 3.63) is 41.0 Å². The summed E-state index contributed by atoms with van der Waals surface area (Å²) < 4.78 is 20.1. The van der Waals surface area contributed by atoms with Gasteiger partial charge in [0.25, 0.3) is 17.0 Å². The summed E-state index contributed by atoms with van der Waals surface area (Å²) in [6.45, 7) is 8.32. The van der Waals surface area contributed by atoms with E-state index in [4.69, 9.17) is 4.42 Å². The molecule has 3 rings (SSSR count). The van der Waals surface area contributed by atoms with Crippen LogP contribution in [0.4, 0.5) is 4.39 Å². The molecule has 12 heteroatoms. The number of carbonyl (C=O) groups excluding carboxylic acids is 3. The molecule has 1 aliphatic carbocycles. The highest BCUT2D eigenvalue weighted by Gasteiger charge is 2.35. The second-order valence-electron chi connectivity index (χ2n) is 11.1. The van der Waals surface area contributed by atoms with Crippen molar-refractivity contribution in [3.63, 3.8) is 0 Å². The molecule has 1 aliphatic rings. The Labute approximate surface area is 247 Å². The SMILES string of the molecule is CC(C)CC(NC(=O)[C@@H]1CCCC[C@@H]1NC(=O)c1ccc(CN(C)C)c(F)c1)C(=O)c1nnc(SC(C)C)o1.Cl.[HH]. The third-order valence-corrected chi connectivity index (χ3v) is 7.35. The monoisotopic (exact) mass is 599 g/mol. The lowest BCUT2D eigenvalue weighted by molar-refractivity contribution is -0.127. The van der Waals surface area contributed by atoms with E-state index < -0.39 is 35.5 Å². The molecule has 0 radical (unpaired) electrons. The van der Waals surface area contributed by atoms with Crippen LogP contribution in [0.3, 0.4) is 0 Å². The maximum absolute atomic E-state index is 14.6. The number of aromatic nitrogens is 2. The highest BCUT2D eigenvalue weighted by atomic mass is 35.5. The van der Waals surface area contributed by atoms with Crippen molar-refractivity contribution in [1.29, 1.82) is 0 Å². The summed E-state index contributed by atoms with van der Waals surface area (Å²) >= 11 is 1.36. The first-order valence-electron chi connectivity index (χ1n) is 13.5. The number of nitrogens with one attached hydrogen (secondary N) is 2. The van der Waals surface area contributed by atoms with Gasteiger partial charge in [0.2, 0.25) is 11.7 Å². The lowest BCUT2D eigenvalue weighted by atomic mass is 9.83. The van der Waals surface area contributed by atoms with Crippen LogP contribution in [-0.2, 0) is 11.3 Å². The Hall–Kier alpha value is -2.50. The Bertz CT molecular complexity index is 1170. The molecule has 3 atom stereocenters. The summed E-state index contributed by atoms with van der Waals surface area (Å²) in [6, 6.07) is 3.19. The maximum atomic E-state index is 14.6. The van der Waals surface area contributed by atoms with Gasteiger partial charge in [-0.05, 0) is 51.4 Å². The smallest absolute Gasteiger partial charge is 0.286 e. The van der Waals surface area contributed by atoms with Crippen molar-refractivity contribution in [3.8, 4) is 0 Å². The number of benzene rings is 1. The van der Waals surface area contributed by atoms with Crippen LogP contribution in [0.2, 0.25) is 0 Å². The Morgan fingerprint density at radius 3 is 2.48 bits per heavy atom. The lowest BCUT2D eigenvalue weighted by Crippen LogP contribution is -2.52. The van der Waals surface area contributed by atoms with Crippen molar-refractivity contribution in [2.45, 2.75) is 88.9 Å². The number of hydrogen-bond acceptors (Lipinski definition) is 8. The van der Waals surface area contributed by atoms with E-state index >= 15 is 0 Å². The molecule has 1 aromatic carbocycles. The number of nitrogens with zero attached hydrogens (tertiary/aromatic N) is 3. The Morgan fingerprint density at radius 1 is 1.15 bits per heavy atom. The van der Waals surface area contributed by atoms with Gasteiger partial charge in [0, 0.05) is 30.4 Å². The van der Waals surface area contributed by atoms with Crippen molar-refractivity contribution in [1.82, 2.24) is 25.7 Å². The van der Waals surface area contributed by atoms with E-state index in [2.05, 4.69) is 20.8 Å². The number of halogens is 2. The molecule has 224 valence electrons. The molecule has 1 unspecified atom stereocenters. The Kier molecular flexibility index (Phi) is 13.0. The van der Waals surface area contributed by atoms with Gasteiger partial charge < -0.3 is 20.0 Å². The first-order chi connectivity index (χ1) is 18.4. The van der Waals surface area contributed by atoms with Gasteiger partial charge in [0.05, 0.1) is 12.0 Å². The molecule has 1 saturated carbocycles. The van der Waals surface area contributed by atoms with Crippen LogP contribution in [0.5, 0.6) is 0 Å². The van der Waals surface area contributed by atoms with Crippen LogP contribution < -0.4 is 10.6 Å². The molecule has 40 heavy (non-hydrogen) atoms. The number of amides is 2. The van der Waals surface area contributed by atoms with Crippen molar-refractivity contribution in [2.75, 3.05) is 14.1 Å². The van der Waals surface area contributed by atoms with Gasteiger partial charge in [-0.25, -0.2) is 4.39 Å². The first-order valence-corrected chi connectivity index (χ1v) is 14.4. The Morgan fingerprint density at radius 2 is 1.85 bits per heavy atom. The number of carbonyl (C=O) groups is 3. The molecular formula is C28H43ClFN5O4S. The molecule has 2 N–H and O–H groups in total. The predicted octanol–water partition coefficient (Wildman–Crippen LogP) is 5.14. The molecule has 0 bridgehead atoms. The molecule has 0 saturated heterocycles. The van der Waals surface area contributed by atoms with E-state index in [1.807, 2.05) is 46.7 Å². The maximum Gasteiger partial charge on any atom is 0.286 e. The molecule has 2 amide bonds. The topological polar surface area (TPSA) is 117 Å². The quantitative estimate of drug-likeness (QED) is 0.254. The average Bonchev–Trinajstić information content (AvgIpc) is 3.31. The second kappa shape index (κ2) is 15.5. The van der Waals surface area contributed by atoms with Gasteiger partial charge in [-0.15, -0.1) is 22.6 Å². The third kappa shape index (κ3) is 9.55. The number of Topliss-reactive ketones (excluding diaryl/α,β-unsaturated/α-hetero) is 1. The largest absolute Gasteiger partial charge is 0.408 e. The van der Waals surface area contributed by atoms with E-state index in [0.29, 0.717) is 36.6 Å². The summed E-state index contributed by atoms with van der Waals surface area (Å²) in [7, 11) is 3.69. The van der Waals surface area contributed by atoms with Gasteiger partial charge in [-0.1, -0.05) is 58.4 Å². The first kappa shape index (κ1) is 33.7. The molecule has 1 heterocycles. The van der Waals surface area contributed by atoms with Gasteiger partial charge >= 0.3 is 0 Å². The minimum Gasteiger partial charge on any atom is -0.408 e. The third-order valence-electron chi connectivity index (χ3n) is 6.51. The highest BCUT2D eigenvalue weighted by molar-refractivity contribution is 7.99. The molecule has 9 nitrogen and oxygen atoms in total. The van der Waals surface area contributed by atoms with Crippen molar-refractivity contribution in [2.24, 2.45) is 11.8 Å². The van der Waals surface area contributed by atoms with Crippen LogP contribution in [0.15, 0.2) is 27.8 Å². The fourth-order valence-electron chi connectivity index (χ4n) is 4.72. The summed E-state index contributed by atoms with van der Waals surface area (Å²) in [6.07, 6.45) is 3.29. The highest BCUT2D eigenvalue weighted by Crippen LogP contribution is 2.27. The summed E-state index contributed by atoms with van der Waals surface area (Å²) in [4.78, 5) is 41.5. The zero-order valence-corrected chi connectivity index (χ0v) is 25.7. The molecule has 1 aromatic heterocycles. The van der Waals surface area contributed by atoms with Crippen molar-refractivity contribution >= 4 is 41.8 Å². The van der Waals surface area contributed by atoms with Crippen LogP contribution in [0.1, 0.15) is 87.8 Å². The normalized spacial score (nSPS) is 17.9. The summed E-state index contributed by atoms with van der Waals surface area (Å²) in [5, 5.41) is 14.2. The zero-order valence-electron chi connectivity index (χ0n) is 24.0. The molecule has 0 spiro atoms. The molecule has 1 fully saturated rings. The minimum atomic E-state index is -0.827. The molecule has 0 aliphatic heterocycles. The molecular weight excluding hydrogens is 557 g/mol. The Balaban J connectivity index is 0.00000420. The number of rotatable bonds is 12. The van der Waals surface area contributed by atoms with Crippen LogP contribution >= 0.6 is 24.2 Å². The summed E-state index contributed by atoms with van der Waals surface area (Å²) in [5.74, 6) is -2.12. The van der Waals surface area contributed by atoms with Crippen LogP contribution in [0.25, 0.3) is 0 Å². The number of ketones is 1. The van der Waals surface area contributed by atoms with E-state index in [1.54, 1.807) is 12.1 Å². The van der Waals surface area contributed by atoms with E-state index in [9.17, 15) is 18.8 Å². The molecule has 2 aromatic rings. The van der Waals surface area contributed by atoms with E-state index in [0.717, 1.165) is 12.8 Å². The van der Waals surface area contributed by atoms with Gasteiger partial charge in [-0.3, -0.25) is 14.4 Å². The lowest BCUT2D eigenvalue weighted by Gasteiger charge is -2.32.